The standard InChI is InChI=1S/C28H23N3O3/c1-17(32)29-22-12-8-20(9-13-22)28(21-10-14-23(15-11-21)30-18(2)33)25-16-7-19-5-3-4-6-24(19)26(25)31-27(28)34/h3-16H,1-2H3,(H,29,32)(H,30,33)(H,31,34). The summed E-state index contributed by atoms with van der Waals surface area (Å²) in [4.78, 5) is 36.8. The summed E-state index contributed by atoms with van der Waals surface area (Å²) in [5.74, 6) is -0.476. The van der Waals surface area contributed by atoms with Crippen molar-refractivity contribution in [2.24, 2.45) is 0 Å². The highest BCUT2D eigenvalue weighted by Gasteiger charge is 2.50. The van der Waals surface area contributed by atoms with Crippen molar-refractivity contribution in [3.63, 3.8) is 0 Å². The molecule has 0 atom stereocenters. The van der Waals surface area contributed by atoms with Crippen molar-refractivity contribution in [2.75, 3.05) is 16.0 Å². The Bertz CT molecular complexity index is 1380. The largest absolute Gasteiger partial charge is 0.326 e. The number of rotatable bonds is 4. The predicted molar refractivity (Wildman–Crippen MR) is 134 cm³/mol. The summed E-state index contributed by atoms with van der Waals surface area (Å²) in [6, 6.07) is 26.7. The molecule has 1 aliphatic heterocycles. The molecule has 6 heteroatoms. The highest BCUT2D eigenvalue weighted by Crippen LogP contribution is 2.50. The molecule has 0 saturated carbocycles. The van der Waals surface area contributed by atoms with Crippen molar-refractivity contribution in [1.82, 2.24) is 0 Å². The van der Waals surface area contributed by atoms with Crippen LogP contribution in [0.4, 0.5) is 17.1 Å². The van der Waals surface area contributed by atoms with Crippen LogP contribution < -0.4 is 16.0 Å². The lowest BCUT2D eigenvalue weighted by Crippen LogP contribution is -2.37. The molecule has 1 aliphatic rings. The first-order valence-electron chi connectivity index (χ1n) is 11.0. The van der Waals surface area contributed by atoms with Crippen molar-refractivity contribution in [3.05, 3.63) is 102 Å². The van der Waals surface area contributed by atoms with Gasteiger partial charge in [0, 0.05) is 36.2 Å². The molecular formula is C28H23N3O3. The van der Waals surface area contributed by atoms with Gasteiger partial charge in [0.15, 0.2) is 0 Å². The van der Waals surface area contributed by atoms with Crippen molar-refractivity contribution in [2.45, 2.75) is 19.3 Å². The molecule has 0 saturated heterocycles. The van der Waals surface area contributed by atoms with Crippen molar-refractivity contribution in [1.29, 1.82) is 0 Å². The van der Waals surface area contributed by atoms with E-state index in [4.69, 9.17) is 0 Å². The van der Waals surface area contributed by atoms with Crippen LogP contribution in [0, 0.1) is 0 Å². The summed E-state index contributed by atoms with van der Waals surface area (Å²) < 4.78 is 0. The molecule has 4 aromatic carbocycles. The van der Waals surface area contributed by atoms with Gasteiger partial charge < -0.3 is 16.0 Å². The lowest BCUT2D eigenvalue weighted by atomic mass is 9.70. The maximum atomic E-state index is 13.9. The van der Waals surface area contributed by atoms with Crippen LogP contribution in [-0.4, -0.2) is 17.7 Å². The Morgan fingerprint density at radius 2 is 1.24 bits per heavy atom. The SMILES string of the molecule is CC(=O)Nc1ccc(C2(c3ccc(NC(C)=O)cc3)C(=O)Nc3c2ccc2ccccc32)cc1. The van der Waals surface area contributed by atoms with Gasteiger partial charge in [-0.15, -0.1) is 0 Å². The summed E-state index contributed by atoms with van der Waals surface area (Å²) >= 11 is 0. The number of carbonyl (C=O) groups is 3. The smallest absolute Gasteiger partial charge is 0.244 e. The topological polar surface area (TPSA) is 87.3 Å². The van der Waals surface area contributed by atoms with Gasteiger partial charge in [-0.05, 0) is 40.8 Å². The van der Waals surface area contributed by atoms with E-state index in [9.17, 15) is 14.4 Å². The second kappa shape index (κ2) is 8.15. The average Bonchev–Trinajstić information content (AvgIpc) is 3.12. The Labute approximate surface area is 197 Å². The maximum Gasteiger partial charge on any atom is 0.244 e. The van der Waals surface area contributed by atoms with E-state index in [1.165, 1.54) is 13.8 Å². The lowest BCUT2D eigenvalue weighted by Gasteiger charge is -2.29. The second-order valence-corrected chi connectivity index (χ2v) is 8.43. The van der Waals surface area contributed by atoms with E-state index in [1.54, 1.807) is 24.3 Å². The van der Waals surface area contributed by atoms with Gasteiger partial charge in [-0.1, -0.05) is 60.7 Å². The first-order chi connectivity index (χ1) is 16.4. The normalized spacial score (nSPS) is 13.8. The van der Waals surface area contributed by atoms with Crippen molar-refractivity contribution >= 4 is 45.6 Å². The average molecular weight is 450 g/mol. The maximum absolute atomic E-state index is 13.9. The van der Waals surface area contributed by atoms with Crippen LogP contribution in [0.1, 0.15) is 30.5 Å². The van der Waals surface area contributed by atoms with Crippen molar-refractivity contribution in [3.8, 4) is 0 Å². The van der Waals surface area contributed by atoms with E-state index < -0.39 is 5.41 Å². The number of hydrogen-bond acceptors (Lipinski definition) is 3. The Morgan fingerprint density at radius 3 is 1.76 bits per heavy atom. The molecule has 3 N–H and O–H groups in total. The van der Waals surface area contributed by atoms with E-state index in [0.717, 1.165) is 33.2 Å². The molecule has 0 radical (unpaired) electrons. The number of anilines is 3. The molecule has 0 unspecified atom stereocenters. The Morgan fingerprint density at radius 1 is 0.706 bits per heavy atom. The van der Waals surface area contributed by atoms with Crippen LogP contribution in [0.15, 0.2) is 84.9 Å². The number of carbonyl (C=O) groups excluding carboxylic acids is 3. The van der Waals surface area contributed by atoms with E-state index in [-0.39, 0.29) is 17.7 Å². The molecule has 34 heavy (non-hydrogen) atoms. The molecular weight excluding hydrogens is 426 g/mol. The summed E-state index contributed by atoms with van der Waals surface area (Å²) in [6.07, 6.45) is 0. The lowest BCUT2D eigenvalue weighted by molar-refractivity contribution is -0.118. The van der Waals surface area contributed by atoms with Crippen LogP contribution in [0.5, 0.6) is 0 Å². The summed E-state index contributed by atoms with van der Waals surface area (Å²) in [5.41, 5.74) is 3.42. The fourth-order valence-electron chi connectivity index (χ4n) is 4.80. The molecule has 4 aromatic rings. The Kier molecular flexibility index (Phi) is 5.13. The minimum atomic E-state index is -1.09. The molecule has 3 amide bonds. The van der Waals surface area contributed by atoms with Gasteiger partial charge in [-0.2, -0.15) is 0 Å². The number of fused-ring (bicyclic) bond motifs is 3. The third-order valence-electron chi connectivity index (χ3n) is 6.19. The van der Waals surface area contributed by atoms with Crippen LogP contribution >= 0.6 is 0 Å². The van der Waals surface area contributed by atoms with Gasteiger partial charge in [0.1, 0.15) is 5.41 Å². The molecule has 6 nitrogen and oxygen atoms in total. The Hall–Kier alpha value is -4.45. The van der Waals surface area contributed by atoms with Gasteiger partial charge in [-0.3, -0.25) is 14.4 Å². The van der Waals surface area contributed by atoms with Crippen LogP contribution in [0.2, 0.25) is 0 Å². The van der Waals surface area contributed by atoms with E-state index >= 15 is 0 Å². The summed E-state index contributed by atoms with van der Waals surface area (Å²) in [7, 11) is 0. The number of hydrogen-bond donors (Lipinski definition) is 3. The number of nitrogens with one attached hydrogen (secondary N) is 3. The van der Waals surface area contributed by atoms with Gasteiger partial charge >= 0.3 is 0 Å². The van der Waals surface area contributed by atoms with E-state index in [1.807, 2.05) is 60.7 Å². The monoisotopic (exact) mass is 449 g/mol. The molecule has 0 bridgehead atoms. The van der Waals surface area contributed by atoms with E-state index in [0.29, 0.717) is 11.4 Å². The van der Waals surface area contributed by atoms with Gasteiger partial charge in [0.2, 0.25) is 17.7 Å². The molecule has 1 heterocycles. The first kappa shape index (κ1) is 21.4. The molecule has 0 spiro atoms. The minimum absolute atomic E-state index is 0.154. The van der Waals surface area contributed by atoms with E-state index in [2.05, 4.69) is 16.0 Å². The summed E-state index contributed by atoms with van der Waals surface area (Å²) in [5, 5.41) is 10.7. The number of amides is 3. The third kappa shape index (κ3) is 3.40. The van der Waals surface area contributed by atoms with Crippen LogP contribution in [-0.2, 0) is 19.8 Å². The zero-order valence-electron chi connectivity index (χ0n) is 18.8. The molecule has 0 fully saturated rings. The minimum Gasteiger partial charge on any atom is -0.326 e. The molecule has 5 rings (SSSR count). The first-order valence-corrected chi connectivity index (χ1v) is 11.0. The predicted octanol–water partition coefficient (Wildman–Crippen LogP) is 5.04. The van der Waals surface area contributed by atoms with Gasteiger partial charge in [0.05, 0.1) is 5.69 Å². The second-order valence-electron chi connectivity index (χ2n) is 8.43. The Balaban J connectivity index is 1.74. The van der Waals surface area contributed by atoms with Gasteiger partial charge in [0.25, 0.3) is 0 Å². The molecule has 0 aromatic heterocycles. The molecule has 168 valence electrons. The van der Waals surface area contributed by atoms with Gasteiger partial charge in [-0.25, -0.2) is 0 Å². The zero-order chi connectivity index (χ0) is 23.9. The van der Waals surface area contributed by atoms with Crippen LogP contribution in [0.25, 0.3) is 10.8 Å². The van der Waals surface area contributed by atoms with Crippen molar-refractivity contribution < 1.29 is 14.4 Å². The summed E-state index contributed by atoms with van der Waals surface area (Å²) in [6.45, 7) is 2.91. The molecule has 0 aliphatic carbocycles. The quantitative estimate of drug-likeness (QED) is 0.408. The third-order valence-corrected chi connectivity index (χ3v) is 6.19. The number of benzene rings is 4. The highest BCUT2D eigenvalue weighted by atomic mass is 16.2. The zero-order valence-corrected chi connectivity index (χ0v) is 18.8. The van der Waals surface area contributed by atoms with Crippen LogP contribution in [0.3, 0.4) is 0 Å². The highest BCUT2D eigenvalue weighted by molar-refractivity contribution is 6.17. The fourth-order valence-corrected chi connectivity index (χ4v) is 4.80. The fraction of sp³-hybridized carbons (Fsp3) is 0.107.